The van der Waals surface area contributed by atoms with Crippen molar-refractivity contribution in [1.29, 1.82) is 0 Å². The molecule has 13 heavy (non-hydrogen) atoms. The Morgan fingerprint density at radius 3 is 1.31 bits per heavy atom. The average Bonchev–Trinajstić information content (AvgIpc) is 1.81. The summed E-state index contributed by atoms with van der Waals surface area (Å²) >= 11 is 0.500. The molecule has 0 aromatic rings. The van der Waals surface area contributed by atoms with Gasteiger partial charge in [-0.05, 0) is 5.41 Å². The molecule has 1 radical (unpaired) electrons. The molecule has 0 aliphatic rings. The van der Waals surface area contributed by atoms with Crippen molar-refractivity contribution in [1.82, 2.24) is 0 Å². The Kier molecular flexibility index (Phi) is 4.12. The van der Waals surface area contributed by atoms with Crippen LogP contribution in [0, 0.1) is 5.41 Å². The van der Waals surface area contributed by atoms with E-state index in [4.69, 9.17) is 0 Å². The first-order chi connectivity index (χ1) is 5.52. The fourth-order valence-electron chi connectivity index (χ4n) is 1.80. The molecule has 1 heteroatoms. The van der Waals surface area contributed by atoms with Gasteiger partial charge in [-0.15, -0.1) is 0 Å². The number of rotatable bonds is 2. The maximum atomic E-state index is 2.47. The summed E-state index contributed by atoms with van der Waals surface area (Å²) in [4.78, 5) is 0. The normalized spacial score (nSPS) is 18.2. The third kappa shape index (κ3) is 4.05. The summed E-state index contributed by atoms with van der Waals surface area (Å²) in [5, 5.41) is 0. The van der Waals surface area contributed by atoms with Crippen molar-refractivity contribution in [3.05, 3.63) is 0 Å². The van der Waals surface area contributed by atoms with Crippen LogP contribution in [0.5, 0.6) is 0 Å². The van der Waals surface area contributed by atoms with Crippen LogP contribution in [0.2, 0.25) is 8.55 Å². The molecule has 0 aromatic carbocycles. The molecule has 0 saturated heterocycles. The molecule has 0 N–H and O–H groups in total. The molecule has 0 amide bonds. The van der Waals surface area contributed by atoms with Crippen LogP contribution < -0.4 is 0 Å². The van der Waals surface area contributed by atoms with Crippen LogP contribution in [0.25, 0.3) is 0 Å². The van der Waals surface area contributed by atoms with E-state index in [-0.39, 0.29) is 0 Å². The Hall–Kier alpha value is 0.532. The second kappa shape index (κ2) is 3.95. The first-order valence-corrected chi connectivity index (χ1v) is 6.54. The van der Waals surface area contributed by atoms with Gasteiger partial charge in [0.2, 0.25) is 15.2 Å². The van der Waals surface area contributed by atoms with Crippen LogP contribution in [0.15, 0.2) is 0 Å². The van der Waals surface area contributed by atoms with Gasteiger partial charge >= 0.3 is 0 Å². The Morgan fingerprint density at radius 1 is 0.846 bits per heavy atom. The largest absolute Gasteiger partial charge is 0.219 e. The average molecular weight is 197 g/mol. The van der Waals surface area contributed by atoms with E-state index in [9.17, 15) is 0 Å². The SMILES string of the molecule is CC[C](C)([Al][C](C)(C)C)C(C)(C)C. The molecule has 1 unspecified atom stereocenters. The highest BCUT2D eigenvalue weighted by Crippen LogP contribution is 2.51. The van der Waals surface area contributed by atoms with Gasteiger partial charge in [0.05, 0.1) is 0 Å². The van der Waals surface area contributed by atoms with Gasteiger partial charge in [0.1, 0.15) is 0 Å². The van der Waals surface area contributed by atoms with Crippen LogP contribution in [0.3, 0.4) is 0 Å². The Morgan fingerprint density at radius 2 is 1.23 bits per heavy atom. The summed E-state index contributed by atoms with van der Waals surface area (Å²) in [5.41, 5.74) is 0.449. The van der Waals surface area contributed by atoms with Crippen molar-refractivity contribution in [3.8, 4) is 0 Å². The molecular formula is C12H26Al. The first-order valence-electron chi connectivity index (χ1n) is 5.39. The van der Waals surface area contributed by atoms with Crippen molar-refractivity contribution < 1.29 is 0 Å². The fraction of sp³-hybridized carbons (Fsp3) is 1.00. The van der Waals surface area contributed by atoms with E-state index in [0.717, 1.165) is 0 Å². The lowest BCUT2D eigenvalue weighted by atomic mass is 9.79. The van der Waals surface area contributed by atoms with Crippen LogP contribution >= 0.6 is 0 Å². The van der Waals surface area contributed by atoms with Crippen molar-refractivity contribution in [2.24, 2.45) is 5.41 Å². The van der Waals surface area contributed by atoms with Gasteiger partial charge in [-0.25, -0.2) is 0 Å². The molecule has 0 aromatic heterocycles. The first kappa shape index (κ1) is 13.5. The zero-order valence-electron chi connectivity index (χ0n) is 10.8. The molecule has 0 rings (SSSR count). The maximum Gasteiger partial charge on any atom is 0.219 e. The molecule has 0 nitrogen and oxygen atoms in total. The molecule has 0 saturated carbocycles. The predicted octanol–water partition coefficient (Wildman–Crippen LogP) is 4.54. The number of hydrogen-bond acceptors (Lipinski definition) is 0. The molecule has 0 aliphatic carbocycles. The van der Waals surface area contributed by atoms with Crippen LogP contribution in [0.4, 0.5) is 0 Å². The van der Waals surface area contributed by atoms with Gasteiger partial charge in [0.25, 0.3) is 0 Å². The highest BCUT2D eigenvalue weighted by Gasteiger charge is 2.39. The topological polar surface area (TPSA) is 0 Å². The summed E-state index contributed by atoms with van der Waals surface area (Å²) < 4.78 is 1.07. The summed E-state index contributed by atoms with van der Waals surface area (Å²) in [6.45, 7) is 19.1. The molecule has 1 atom stereocenters. The van der Waals surface area contributed by atoms with Gasteiger partial charge in [0, 0.05) is 0 Å². The standard InChI is InChI=1S/C8H17.C4H9.Al/c1-6-7(2)8(3,4)5;1-4(2)3;/h6H2,1-5H3;1-3H3;. The van der Waals surface area contributed by atoms with E-state index < -0.39 is 0 Å². The van der Waals surface area contributed by atoms with E-state index in [1.165, 1.54) is 6.42 Å². The second-order valence-electron chi connectivity index (χ2n) is 6.53. The van der Waals surface area contributed by atoms with Crippen molar-refractivity contribution in [3.63, 3.8) is 0 Å². The molecule has 0 aliphatic heterocycles. The Balaban J connectivity index is 4.67. The van der Waals surface area contributed by atoms with Crippen LogP contribution in [-0.2, 0) is 0 Å². The zero-order valence-corrected chi connectivity index (χ0v) is 11.9. The van der Waals surface area contributed by atoms with Crippen LogP contribution in [-0.4, -0.2) is 15.2 Å². The van der Waals surface area contributed by atoms with Crippen LogP contribution in [0.1, 0.15) is 61.8 Å². The molecule has 0 fully saturated rings. The fourth-order valence-corrected chi connectivity index (χ4v) is 4.35. The van der Waals surface area contributed by atoms with Gasteiger partial charge < -0.3 is 0 Å². The minimum atomic E-state index is 0.449. The van der Waals surface area contributed by atoms with E-state index in [1.54, 1.807) is 0 Å². The summed E-state index contributed by atoms with van der Waals surface area (Å²) in [7, 11) is 0. The van der Waals surface area contributed by atoms with Crippen molar-refractivity contribution >= 4 is 15.2 Å². The van der Waals surface area contributed by atoms with Gasteiger partial charge in [-0.1, -0.05) is 70.4 Å². The highest BCUT2D eigenvalue weighted by atomic mass is 27.1. The monoisotopic (exact) mass is 197 g/mol. The van der Waals surface area contributed by atoms with Gasteiger partial charge in [0.15, 0.2) is 0 Å². The Labute approximate surface area is 91.2 Å². The number of hydrogen-bond donors (Lipinski definition) is 0. The molecule has 0 heterocycles. The van der Waals surface area contributed by atoms with E-state index in [2.05, 4.69) is 55.4 Å². The Bertz CT molecular complexity index is 159. The lowest BCUT2D eigenvalue weighted by molar-refractivity contribution is 0.265. The van der Waals surface area contributed by atoms with Gasteiger partial charge in [-0.3, -0.25) is 0 Å². The molecule has 0 bridgehead atoms. The molecular weight excluding hydrogens is 171 g/mol. The van der Waals surface area contributed by atoms with E-state index in [0.29, 0.717) is 29.2 Å². The minimum Gasteiger partial charge on any atom is -0.0900 e. The highest BCUT2D eigenvalue weighted by molar-refractivity contribution is 6.44. The zero-order chi connectivity index (χ0) is 10.9. The summed E-state index contributed by atoms with van der Waals surface area (Å²) in [6, 6.07) is 0. The third-order valence-electron chi connectivity index (χ3n) is 3.20. The maximum absolute atomic E-state index is 2.47. The van der Waals surface area contributed by atoms with Crippen molar-refractivity contribution in [2.75, 3.05) is 0 Å². The third-order valence-corrected chi connectivity index (χ3v) is 5.98. The lowest BCUT2D eigenvalue weighted by Crippen LogP contribution is -2.35. The summed E-state index contributed by atoms with van der Waals surface area (Å²) in [5.74, 6) is 0. The van der Waals surface area contributed by atoms with E-state index in [1.807, 2.05) is 0 Å². The molecule has 0 spiro atoms. The smallest absolute Gasteiger partial charge is 0.0900 e. The molecule has 77 valence electrons. The van der Waals surface area contributed by atoms with Gasteiger partial charge in [-0.2, -0.15) is 0 Å². The predicted molar refractivity (Wildman–Crippen MR) is 63.6 cm³/mol. The minimum absolute atomic E-state index is 0.449. The van der Waals surface area contributed by atoms with Crippen molar-refractivity contribution in [2.45, 2.75) is 70.4 Å². The van der Waals surface area contributed by atoms with E-state index >= 15 is 0 Å². The summed E-state index contributed by atoms with van der Waals surface area (Å²) in [6.07, 6.45) is 1.31. The quantitative estimate of drug-likeness (QED) is 0.570. The lowest BCUT2D eigenvalue weighted by Gasteiger charge is -2.45. The second-order valence-corrected chi connectivity index (χ2v) is 9.83.